The number of nitrogens with one attached hydrogen (secondary N) is 1. The normalized spacial score (nSPS) is 12.5. The van der Waals surface area contributed by atoms with Crippen molar-refractivity contribution < 1.29 is 4.79 Å². The van der Waals surface area contributed by atoms with Gasteiger partial charge in [-0.1, -0.05) is 29.3 Å². The lowest BCUT2D eigenvalue weighted by molar-refractivity contribution is 0.0957. The third kappa shape index (κ3) is 3.95. The monoisotopic (exact) mass is 289 g/mol. The van der Waals surface area contributed by atoms with Crippen LogP contribution in [-0.4, -0.2) is 17.3 Å². The lowest BCUT2D eigenvalue weighted by Crippen LogP contribution is -2.29. The summed E-state index contributed by atoms with van der Waals surface area (Å²) in [6.45, 7) is 4.80. The van der Waals surface area contributed by atoms with Crippen molar-refractivity contribution in [3.63, 3.8) is 0 Å². The van der Waals surface area contributed by atoms with Crippen LogP contribution in [0.5, 0.6) is 0 Å². The van der Waals surface area contributed by atoms with E-state index in [0.29, 0.717) is 11.4 Å². The molecule has 1 rings (SSSR count). The fourth-order valence-electron chi connectivity index (χ4n) is 1.30. The molecule has 1 atom stereocenters. The lowest BCUT2D eigenvalue weighted by Gasteiger charge is -2.09. The molecule has 4 heteroatoms. The van der Waals surface area contributed by atoms with Gasteiger partial charge in [0.25, 0.3) is 5.91 Å². The van der Waals surface area contributed by atoms with Gasteiger partial charge in [0, 0.05) is 11.4 Å². The molecule has 1 amide bonds. The number of rotatable bonds is 5. The van der Waals surface area contributed by atoms with Crippen LogP contribution < -0.4 is 5.32 Å². The summed E-state index contributed by atoms with van der Waals surface area (Å²) in [5.41, 5.74) is 1.05. The van der Waals surface area contributed by atoms with E-state index in [1.165, 1.54) is 11.3 Å². The molecule has 1 aromatic rings. The van der Waals surface area contributed by atoms with E-state index in [1.54, 1.807) is 0 Å². The van der Waals surface area contributed by atoms with Gasteiger partial charge in [0.15, 0.2) is 0 Å². The highest BCUT2D eigenvalue weighted by molar-refractivity contribution is 9.09. The molecule has 1 N–H and O–H groups in total. The first-order valence-corrected chi connectivity index (χ1v) is 6.91. The van der Waals surface area contributed by atoms with Gasteiger partial charge in [-0.3, -0.25) is 4.79 Å². The van der Waals surface area contributed by atoms with E-state index in [2.05, 4.69) is 28.2 Å². The van der Waals surface area contributed by atoms with Crippen molar-refractivity contribution in [2.75, 3.05) is 6.54 Å². The van der Waals surface area contributed by atoms with Crippen LogP contribution in [0.3, 0.4) is 0 Å². The second-order valence-corrected chi connectivity index (χ2v) is 5.74. The number of amides is 1. The van der Waals surface area contributed by atoms with Crippen LogP contribution in [0.15, 0.2) is 11.4 Å². The summed E-state index contributed by atoms with van der Waals surface area (Å²) in [7, 11) is 0. The molecule has 0 fully saturated rings. The minimum atomic E-state index is 0.0445. The molecule has 0 saturated heterocycles. The maximum atomic E-state index is 11.7. The molecule has 0 bridgehead atoms. The van der Waals surface area contributed by atoms with E-state index < -0.39 is 0 Å². The highest BCUT2D eigenvalue weighted by Gasteiger charge is 2.11. The largest absolute Gasteiger partial charge is 0.350 e. The zero-order valence-electron chi connectivity index (χ0n) is 9.05. The Bertz CT molecular complexity index is 324. The fraction of sp³-hybridized carbons (Fsp3) is 0.545. The van der Waals surface area contributed by atoms with Crippen LogP contribution in [0.2, 0.25) is 0 Å². The number of alkyl halides is 1. The average molecular weight is 290 g/mol. The van der Waals surface area contributed by atoms with Gasteiger partial charge in [0.2, 0.25) is 0 Å². The van der Waals surface area contributed by atoms with E-state index in [-0.39, 0.29) is 5.91 Å². The Hall–Kier alpha value is -0.350. The molecule has 1 unspecified atom stereocenters. The van der Waals surface area contributed by atoms with Crippen LogP contribution in [0.1, 0.15) is 35.0 Å². The number of carbonyl (C=O) groups is 1. The maximum absolute atomic E-state index is 11.7. The van der Waals surface area contributed by atoms with Gasteiger partial charge in [0.1, 0.15) is 0 Å². The quantitative estimate of drug-likeness (QED) is 0.828. The Kier molecular flexibility index (Phi) is 5.32. The molecule has 0 saturated carbocycles. The molecule has 1 aromatic heterocycles. The predicted octanol–water partition coefficient (Wildman–Crippen LogP) is 3.35. The molecule has 1 heterocycles. The van der Waals surface area contributed by atoms with Gasteiger partial charge in [-0.2, -0.15) is 0 Å². The number of halogens is 1. The SMILES string of the molecule is CCCC(Br)CNC(=O)c1sccc1C. The van der Waals surface area contributed by atoms with Gasteiger partial charge < -0.3 is 5.32 Å². The molecule has 0 aliphatic carbocycles. The second kappa shape index (κ2) is 6.28. The summed E-state index contributed by atoms with van der Waals surface area (Å²) in [5.74, 6) is 0.0445. The number of hydrogen-bond acceptors (Lipinski definition) is 2. The molecule has 0 radical (unpaired) electrons. The van der Waals surface area contributed by atoms with E-state index in [4.69, 9.17) is 0 Å². The number of hydrogen-bond donors (Lipinski definition) is 1. The molecule has 0 spiro atoms. The standard InChI is InChI=1S/C11H16BrNOS/c1-3-4-9(12)7-13-11(14)10-8(2)5-6-15-10/h5-6,9H,3-4,7H2,1-2H3,(H,13,14). The number of thiophene rings is 1. The van der Waals surface area contributed by atoms with Gasteiger partial charge >= 0.3 is 0 Å². The summed E-state index contributed by atoms with van der Waals surface area (Å²) in [4.78, 5) is 12.9. The summed E-state index contributed by atoms with van der Waals surface area (Å²) >= 11 is 5.03. The molecule has 84 valence electrons. The van der Waals surface area contributed by atoms with E-state index >= 15 is 0 Å². The Morgan fingerprint density at radius 2 is 2.40 bits per heavy atom. The third-order valence-electron chi connectivity index (χ3n) is 2.15. The summed E-state index contributed by atoms with van der Waals surface area (Å²) in [6, 6.07) is 1.97. The van der Waals surface area contributed by atoms with Crippen LogP contribution in [0.25, 0.3) is 0 Å². The minimum absolute atomic E-state index is 0.0445. The van der Waals surface area contributed by atoms with Crippen molar-refractivity contribution in [1.82, 2.24) is 5.32 Å². The Morgan fingerprint density at radius 3 is 2.93 bits per heavy atom. The maximum Gasteiger partial charge on any atom is 0.261 e. The van der Waals surface area contributed by atoms with Gasteiger partial charge in [-0.25, -0.2) is 0 Å². The van der Waals surface area contributed by atoms with Gasteiger partial charge in [0.05, 0.1) is 4.88 Å². The van der Waals surface area contributed by atoms with Crippen LogP contribution in [-0.2, 0) is 0 Å². The molecule has 15 heavy (non-hydrogen) atoms. The summed E-state index contributed by atoms with van der Waals surface area (Å²) in [5, 5.41) is 4.88. The first kappa shape index (κ1) is 12.7. The fourth-order valence-corrected chi connectivity index (χ4v) is 2.77. The van der Waals surface area contributed by atoms with Crippen molar-refractivity contribution in [3.05, 3.63) is 21.9 Å². The second-order valence-electron chi connectivity index (χ2n) is 3.53. The van der Waals surface area contributed by atoms with Crippen LogP contribution in [0, 0.1) is 6.92 Å². The van der Waals surface area contributed by atoms with Crippen molar-refractivity contribution in [1.29, 1.82) is 0 Å². The first-order valence-electron chi connectivity index (χ1n) is 5.11. The molecular formula is C11H16BrNOS. The van der Waals surface area contributed by atoms with E-state index in [1.807, 2.05) is 18.4 Å². The molecule has 0 aromatic carbocycles. The Morgan fingerprint density at radius 1 is 1.67 bits per heavy atom. The molecule has 2 nitrogen and oxygen atoms in total. The van der Waals surface area contributed by atoms with Gasteiger partial charge in [-0.15, -0.1) is 11.3 Å². The predicted molar refractivity (Wildman–Crippen MR) is 69.0 cm³/mol. The van der Waals surface area contributed by atoms with E-state index in [0.717, 1.165) is 23.3 Å². The zero-order valence-corrected chi connectivity index (χ0v) is 11.5. The Labute approximate surface area is 103 Å². The van der Waals surface area contributed by atoms with Crippen molar-refractivity contribution >= 4 is 33.2 Å². The number of carbonyl (C=O) groups excluding carboxylic acids is 1. The Balaban J connectivity index is 2.40. The molecule has 0 aliphatic rings. The summed E-state index contributed by atoms with van der Waals surface area (Å²) in [6.07, 6.45) is 2.22. The van der Waals surface area contributed by atoms with Crippen LogP contribution >= 0.6 is 27.3 Å². The highest BCUT2D eigenvalue weighted by atomic mass is 79.9. The highest BCUT2D eigenvalue weighted by Crippen LogP contribution is 2.15. The molecular weight excluding hydrogens is 274 g/mol. The minimum Gasteiger partial charge on any atom is -0.350 e. The third-order valence-corrected chi connectivity index (χ3v) is 3.95. The van der Waals surface area contributed by atoms with Crippen LogP contribution in [0.4, 0.5) is 0 Å². The lowest BCUT2D eigenvalue weighted by atomic mass is 10.2. The van der Waals surface area contributed by atoms with Crippen molar-refractivity contribution in [2.45, 2.75) is 31.5 Å². The smallest absolute Gasteiger partial charge is 0.261 e. The first-order chi connectivity index (χ1) is 7.15. The topological polar surface area (TPSA) is 29.1 Å². The van der Waals surface area contributed by atoms with Crippen molar-refractivity contribution in [2.24, 2.45) is 0 Å². The van der Waals surface area contributed by atoms with Crippen molar-refractivity contribution in [3.8, 4) is 0 Å². The average Bonchev–Trinajstić information content (AvgIpc) is 2.61. The summed E-state index contributed by atoms with van der Waals surface area (Å²) < 4.78 is 0. The number of aryl methyl sites for hydroxylation is 1. The van der Waals surface area contributed by atoms with E-state index in [9.17, 15) is 4.79 Å². The zero-order chi connectivity index (χ0) is 11.3. The van der Waals surface area contributed by atoms with Gasteiger partial charge in [-0.05, 0) is 30.4 Å². The molecule has 0 aliphatic heterocycles.